The summed E-state index contributed by atoms with van der Waals surface area (Å²) in [7, 11) is 0. The Labute approximate surface area is 110 Å². The average Bonchev–Trinajstić information content (AvgIpc) is 2.98. The summed E-state index contributed by atoms with van der Waals surface area (Å²) in [6, 6.07) is 0. The maximum absolute atomic E-state index is 5.63. The molecule has 0 aromatic carbocycles. The van der Waals surface area contributed by atoms with Crippen molar-refractivity contribution in [2.24, 2.45) is 0 Å². The van der Waals surface area contributed by atoms with E-state index < -0.39 is 0 Å². The predicted molar refractivity (Wildman–Crippen MR) is 66.5 cm³/mol. The van der Waals surface area contributed by atoms with Crippen LogP contribution in [0.5, 0.6) is 0 Å². The molecule has 2 heterocycles. The average molecular weight is 270 g/mol. The second kappa shape index (κ2) is 6.49. The molecule has 0 saturated heterocycles. The lowest BCUT2D eigenvalue weighted by Crippen LogP contribution is -2.02. The van der Waals surface area contributed by atoms with Crippen molar-refractivity contribution in [3.8, 4) is 0 Å². The van der Waals surface area contributed by atoms with Crippen molar-refractivity contribution in [2.75, 3.05) is 5.88 Å². The van der Waals surface area contributed by atoms with Gasteiger partial charge in [-0.2, -0.15) is 4.98 Å². The summed E-state index contributed by atoms with van der Waals surface area (Å²) in [6.45, 7) is 2.56. The molecular weight excluding hydrogens is 254 g/mol. The molecule has 7 heteroatoms. The minimum atomic E-state index is 0.487. The van der Waals surface area contributed by atoms with Gasteiger partial charge in [-0.15, -0.1) is 16.7 Å². The van der Waals surface area contributed by atoms with Crippen LogP contribution in [-0.2, 0) is 19.4 Å². The van der Waals surface area contributed by atoms with Gasteiger partial charge in [0, 0.05) is 18.5 Å². The zero-order chi connectivity index (χ0) is 12.8. The van der Waals surface area contributed by atoms with Crippen LogP contribution in [0.4, 0.5) is 0 Å². The van der Waals surface area contributed by atoms with Gasteiger partial charge in [-0.3, -0.25) is 0 Å². The highest BCUT2D eigenvalue weighted by Crippen LogP contribution is 2.04. The van der Waals surface area contributed by atoms with Crippen LogP contribution in [0.1, 0.15) is 37.2 Å². The Morgan fingerprint density at radius 3 is 3.06 bits per heavy atom. The maximum atomic E-state index is 5.63. The number of halogens is 1. The van der Waals surface area contributed by atoms with E-state index in [4.69, 9.17) is 16.1 Å². The van der Waals surface area contributed by atoms with Crippen molar-refractivity contribution in [3.63, 3.8) is 0 Å². The number of nitrogens with zero attached hydrogens (tertiary/aromatic N) is 5. The van der Waals surface area contributed by atoms with Gasteiger partial charge in [-0.05, 0) is 19.3 Å². The van der Waals surface area contributed by atoms with E-state index in [1.54, 1.807) is 4.68 Å². The lowest BCUT2D eigenvalue weighted by molar-refractivity contribution is 0.370. The molecule has 6 nitrogen and oxygen atoms in total. The van der Waals surface area contributed by atoms with Crippen molar-refractivity contribution in [1.82, 2.24) is 25.1 Å². The van der Waals surface area contributed by atoms with Crippen LogP contribution in [0.15, 0.2) is 10.7 Å². The first-order chi connectivity index (χ1) is 8.81. The Balaban J connectivity index is 1.93. The van der Waals surface area contributed by atoms with Crippen molar-refractivity contribution in [3.05, 3.63) is 23.6 Å². The number of hydrogen-bond acceptors (Lipinski definition) is 5. The molecule has 98 valence electrons. The Hall–Kier alpha value is -1.43. The summed E-state index contributed by atoms with van der Waals surface area (Å²) in [5.41, 5.74) is 0.938. The summed E-state index contributed by atoms with van der Waals surface area (Å²) >= 11 is 5.63. The lowest BCUT2D eigenvalue weighted by Gasteiger charge is -1.92. The van der Waals surface area contributed by atoms with E-state index in [0.717, 1.165) is 31.4 Å². The maximum Gasteiger partial charge on any atom is 0.226 e. The fourth-order valence-corrected chi connectivity index (χ4v) is 1.73. The van der Waals surface area contributed by atoms with E-state index in [1.165, 1.54) is 0 Å². The minimum absolute atomic E-state index is 0.487. The second-order valence-electron chi connectivity index (χ2n) is 4.05. The number of hydrogen-bond donors (Lipinski definition) is 0. The molecule has 18 heavy (non-hydrogen) atoms. The quantitative estimate of drug-likeness (QED) is 0.717. The predicted octanol–water partition coefficient (Wildman–Crippen LogP) is 1.83. The van der Waals surface area contributed by atoms with E-state index in [9.17, 15) is 0 Å². The normalized spacial score (nSPS) is 11.0. The molecule has 0 N–H and O–H groups in total. The van der Waals surface area contributed by atoms with E-state index in [0.29, 0.717) is 24.1 Å². The molecule has 0 spiro atoms. The number of rotatable bonds is 7. The monoisotopic (exact) mass is 269 g/mol. The van der Waals surface area contributed by atoms with E-state index in [1.807, 2.05) is 6.20 Å². The van der Waals surface area contributed by atoms with Gasteiger partial charge in [0.05, 0.1) is 5.69 Å². The standard InChI is InChI=1S/C11H16ClN5O/c1-2-4-11-13-10(15-18-11)8-17-7-9(14-16-17)5-3-6-12/h7H,2-6,8H2,1H3. The van der Waals surface area contributed by atoms with Crippen LogP contribution in [0.3, 0.4) is 0 Å². The second-order valence-corrected chi connectivity index (χ2v) is 4.43. The molecule has 0 atom stereocenters. The molecule has 0 radical (unpaired) electrons. The van der Waals surface area contributed by atoms with Crippen LogP contribution in [0.2, 0.25) is 0 Å². The summed E-state index contributed by atoms with van der Waals surface area (Å²) in [5, 5.41) is 12.0. The van der Waals surface area contributed by atoms with Crippen LogP contribution in [0, 0.1) is 0 Å². The lowest BCUT2D eigenvalue weighted by atomic mass is 10.3. The van der Waals surface area contributed by atoms with Gasteiger partial charge in [0.25, 0.3) is 0 Å². The molecular formula is C11H16ClN5O. The van der Waals surface area contributed by atoms with Crippen molar-refractivity contribution < 1.29 is 4.52 Å². The van der Waals surface area contributed by atoms with Crippen molar-refractivity contribution >= 4 is 11.6 Å². The molecule has 0 bridgehead atoms. The third-order valence-electron chi connectivity index (χ3n) is 2.43. The van der Waals surface area contributed by atoms with Gasteiger partial charge in [-0.1, -0.05) is 17.3 Å². The van der Waals surface area contributed by atoms with Crippen LogP contribution >= 0.6 is 11.6 Å². The topological polar surface area (TPSA) is 69.6 Å². The van der Waals surface area contributed by atoms with Gasteiger partial charge in [-0.25, -0.2) is 4.68 Å². The highest BCUT2D eigenvalue weighted by atomic mass is 35.5. The third-order valence-corrected chi connectivity index (χ3v) is 2.70. The molecule has 0 aliphatic carbocycles. The molecule has 0 aliphatic rings. The molecule has 2 aromatic heterocycles. The van der Waals surface area contributed by atoms with Crippen LogP contribution in [0.25, 0.3) is 0 Å². The highest BCUT2D eigenvalue weighted by molar-refractivity contribution is 6.17. The Morgan fingerprint density at radius 1 is 1.39 bits per heavy atom. The fraction of sp³-hybridized carbons (Fsp3) is 0.636. The van der Waals surface area contributed by atoms with E-state index in [2.05, 4.69) is 27.4 Å². The third kappa shape index (κ3) is 3.53. The Morgan fingerprint density at radius 2 is 2.28 bits per heavy atom. The molecule has 2 rings (SSSR count). The first-order valence-electron chi connectivity index (χ1n) is 6.08. The van der Waals surface area contributed by atoms with E-state index in [-0.39, 0.29) is 0 Å². The van der Waals surface area contributed by atoms with Crippen molar-refractivity contribution in [2.45, 2.75) is 39.2 Å². The van der Waals surface area contributed by atoms with Crippen LogP contribution in [-0.4, -0.2) is 31.0 Å². The largest absolute Gasteiger partial charge is 0.339 e. The SMILES string of the molecule is CCCc1nc(Cn2cc(CCCCl)nn2)no1. The smallest absolute Gasteiger partial charge is 0.226 e. The molecule has 0 fully saturated rings. The fourth-order valence-electron chi connectivity index (χ4n) is 1.59. The van der Waals surface area contributed by atoms with E-state index >= 15 is 0 Å². The molecule has 0 unspecified atom stereocenters. The summed E-state index contributed by atoms with van der Waals surface area (Å²) in [5.74, 6) is 1.94. The molecule has 0 aliphatic heterocycles. The van der Waals surface area contributed by atoms with Crippen LogP contribution < -0.4 is 0 Å². The Kier molecular flexibility index (Phi) is 4.69. The summed E-state index contributed by atoms with van der Waals surface area (Å²) < 4.78 is 6.82. The minimum Gasteiger partial charge on any atom is -0.339 e. The van der Waals surface area contributed by atoms with Gasteiger partial charge in [0.1, 0.15) is 6.54 Å². The van der Waals surface area contributed by atoms with Crippen molar-refractivity contribution in [1.29, 1.82) is 0 Å². The first kappa shape index (κ1) is 13.0. The zero-order valence-electron chi connectivity index (χ0n) is 10.3. The number of aromatic nitrogens is 5. The van der Waals surface area contributed by atoms with Gasteiger partial charge in [0.15, 0.2) is 5.82 Å². The molecule has 0 amide bonds. The number of alkyl halides is 1. The first-order valence-corrected chi connectivity index (χ1v) is 6.61. The number of aryl methyl sites for hydroxylation is 2. The summed E-state index contributed by atoms with van der Waals surface area (Å²) in [4.78, 5) is 4.28. The zero-order valence-corrected chi connectivity index (χ0v) is 11.1. The van der Waals surface area contributed by atoms with Gasteiger partial charge >= 0.3 is 0 Å². The summed E-state index contributed by atoms with van der Waals surface area (Å²) in [6.07, 6.45) is 5.45. The van der Waals surface area contributed by atoms with Gasteiger partial charge in [0.2, 0.25) is 5.89 Å². The molecule has 2 aromatic rings. The van der Waals surface area contributed by atoms with Gasteiger partial charge < -0.3 is 4.52 Å². The molecule has 0 saturated carbocycles. The highest BCUT2D eigenvalue weighted by Gasteiger charge is 2.07. The Bertz CT molecular complexity index is 481.